The first-order valence-electron chi connectivity index (χ1n) is 7.21. The molecule has 0 aliphatic rings. The van der Waals surface area contributed by atoms with E-state index in [0.717, 1.165) is 29.7 Å². The maximum Gasteiger partial charge on any atom is 0.199 e. The molecule has 0 amide bonds. The summed E-state index contributed by atoms with van der Waals surface area (Å²) in [7, 11) is 1.60. The van der Waals surface area contributed by atoms with Gasteiger partial charge in [-0.15, -0.1) is 0 Å². The molecule has 0 atom stereocenters. The number of hydrogen-bond acceptors (Lipinski definition) is 3. The highest BCUT2D eigenvalue weighted by molar-refractivity contribution is 6.31. The van der Waals surface area contributed by atoms with Crippen molar-refractivity contribution < 1.29 is 4.74 Å². The third-order valence-corrected chi connectivity index (χ3v) is 3.90. The fourth-order valence-electron chi connectivity index (χ4n) is 2.62. The molecule has 0 aliphatic carbocycles. The standard InChI is InChI=1S/C17H17ClN2O2/c1-3-8-19-16-14(22-2)7-6-12-15(16)17(21)11-5-4-10(18)9-13(11)20-12/h4-7,9,19H,3,8H2,1-2H3,(H,20,21). The Morgan fingerprint density at radius 1 is 1.23 bits per heavy atom. The largest absolute Gasteiger partial charge is 0.495 e. The van der Waals surface area contributed by atoms with E-state index in [1.807, 2.05) is 12.1 Å². The Bertz CT molecular complexity index is 902. The predicted octanol–water partition coefficient (Wildman–Crippen LogP) is 4.17. The van der Waals surface area contributed by atoms with E-state index in [1.165, 1.54) is 0 Å². The average molecular weight is 317 g/mol. The first-order valence-corrected chi connectivity index (χ1v) is 7.59. The van der Waals surface area contributed by atoms with E-state index < -0.39 is 0 Å². The second-order valence-electron chi connectivity index (χ2n) is 5.14. The van der Waals surface area contributed by atoms with Gasteiger partial charge in [0, 0.05) is 17.0 Å². The lowest BCUT2D eigenvalue weighted by atomic mass is 10.1. The highest BCUT2D eigenvalue weighted by atomic mass is 35.5. The number of nitrogens with one attached hydrogen (secondary N) is 2. The number of pyridine rings is 1. The van der Waals surface area contributed by atoms with Gasteiger partial charge in [-0.1, -0.05) is 18.5 Å². The lowest BCUT2D eigenvalue weighted by Gasteiger charge is -2.14. The third kappa shape index (κ3) is 2.40. The molecule has 0 aliphatic heterocycles. The highest BCUT2D eigenvalue weighted by Crippen LogP contribution is 2.32. The monoisotopic (exact) mass is 316 g/mol. The summed E-state index contributed by atoms with van der Waals surface area (Å²) >= 11 is 6.02. The molecule has 1 aromatic heterocycles. The van der Waals surface area contributed by atoms with Crippen LogP contribution < -0.4 is 15.5 Å². The van der Waals surface area contributed by atoms with Crippen LogP contribution in [0.15, 0.2) is 35.1 Å². The van der Waals surface area contributed by atoms with Crippen molar-refractivity contribution in [1.82, 2.24) is 4.98 Å². The van der Waals surface area contributed by atoms with Crippen LogP contribution in [0.5, 0.6) is 5.75 Å². The van der Waals surface area contributed by atoms with E-state index >= 15 is 0 Å². The lowest BCUT2D eigenvalue weighted by molar-refractivity contribution is 0.417. The summed E-state index contributed by atoms with van der Waals surface area (Å²) in [5.41, 5.74) is 2.20. The van der Waals surface area contributed by atoms with Crippen molar-refractivity contribution in [3.8, 4) is 5.75 Å². The van der Waals surface area contributed by atoms with Crippen LogP contribution in [-0.2, 0) is 0 Å². The number of ether oxygens (including phenoxy) is 1. The molecule has 5 heteroatoms. The fraction of sp³-hybridized carbons (Fsp3) is 0.235. The summed E-state index contributed by atoms with van der Waals surface area (Å²) in [5.74, 6) is 0.666. The number of benzene rings is 2. The molecule has 2 N–H and O–H groups in total. The number of H-pyrrole nitrogens is 1. The van der Waals surface area contributed by atoms with Crippen LogP contribution in [0.3, 0.4) is 0 Å². The summed E-state index contributed by atoms with van der Waals surface area (Å²) < 4.78 is 5.40. The number of halogens is 1. The van der Waals surface area contributed by atoms with Gasteiger partial charge in [-0.25, -0.2) is 0 Å². The van der Waals surface area contributed by atoms with Gasteiger partial charge in [-0.3, -0.25) is 4.79 Å². The summed E-state index contributed by atoms with van der Waals surface area (Å²) in [5, 5.41) is 5.13. The molecular formula is C17H17ClN2O2. The zero-order chi connectivity index (χ0) is 15.7. The molecule has 3 aromatic rings. The summed E-state index contributed by atoms with van der Waals surface area (Å²) in [6, 6.07) is 8.95. The molecule has 114 valence electrons. The van der Waals surface area contributed by atoms with Crippen LogP contribution in [0.1, 0.15) is 13.3 Å². The molecule has 0 radical (unpaired) electrons. The first kappa shape index (κ1) is 14.7. The van der Waals surface area contributed by atoms with Gasteiger partial charge in [0.2, 0.25) is 0 Å². The number of fused-ring (bicyclic) bond motifs is 2. The molecule has 0 saturated heterocycles. The van der Waals surface area contributed by atoms with Crippen molar-refractivity contribution in [3.63, 3.8) is 0 Å². The predicted molar refractivity (Wildman–Crippen MR) is 92.4 cm³/mol. The minimum atomic E-state index is -0.0297. The van der Waals surface area contributed by atoms with Gasteiger partial charge < -0.3 is 15.0 Å². The minimum absolute atomic E-state index is 0.0297. The number of aromatic nitrogens is 1. The van der Waals surface area contributed by atoms with Crippen molar-refractivity contribution in [2.45, 2.75) is 13.3 Å². The maximum absolute atomic E-state index is 12.9. The number of methoxy groups -OCH3 is 1. The van der Waals surface area contributed by atoms with Crippen LogP contribution in [0, 0.1) is 0 Å². The normalized spacial score (nSPS) is 11.0. The van der Waals surface area contributed by atoms with Crippen molar-refractivity contribution in [3.05, 3.63) is 45.6 Å². The van der Waals surface area contributed by atoms with Gasteiger partial charge >= 0.3 is 0 Å². The summed E-state index contributed by atoms with van der Waals surface area (Å²) in [6.07, 6.45) is 0.959. The van der Waals surface area contributed by atoms with Gasteiger partial charge in [0.15, 0.2) is 5.43 Å². The number of anilines is 1. The molecule has 1 heterocycles. The van der Waals surface area contributed by atoms with E-state index in [0.29, 0.717) is 21.5 Å². The minimum Gasteiger partial charge on any atom is -0.495 e. The Balaban J connectivity index is 2.39. The molecule has 0 spiro atoms. The van der Waals surface area contributed by atoms with E-state index in [1.54, 1.807) is 25.3 Å². The first-order chi connectivity index (χ1) is 10.7. The topological polar surface area (TPSA) is 54.1 Å². The highest BCUT2D eigenvalue weighted by Gasteiger charge is 2.14. The second kappa shape index (κ2) is 5.89. The SMILES string of the molecule is CCCNc1c(OC)ccc2[nH]c3cc(Cl)ccc3c(=O)c12. The van der Waals surface area contributed by atoms with Crippen LogP contribution in [0.25, 0.3) is 21.8 Å². The molecule has 0 unspecified atom stereocenters. The average Bonchev–Trinajstić information content (AvgIpc) is 2.52. The van der Waals surface area contributed by atoms with Gasteiger partial charge in [0.25, 0.3) is 0 Å². The van der Waals surface area contributed by atoms with E-state index in [-0.39, 0.29) is 5.43 Å². The van der Waals surface area contributed by atoms with Crippen molar-refractivity contribution in [2.75, 3.05) is 19.0 Å². The molecule has 0 fully saturated rings. The smallest absolute Gasteiger partial charge is 0.199 e. The fourth-order valence-corrected chi connectivity index (χ4v) is 2.79. The van der Waals surface area contributed by atoms with Crippen LogP contribution >= 0.6 is 11.6 Å². The number of hydrogen-bond donors (Lipinski definition) is 2. The zero-order valence-electron chi connectivity index (χ0n) is 12.5. The summed E-state index contributed by atoms with van der Waals surface area (Å²) in [4.78, 5) is 16.2. The third-order valence-electron chi connectivity index (χ3n) is 3.66. The number of aromatic amines is 1. The van der Waals surface area contributed by atoms with Gasteiger partial charge in [0.1, 0.15) is 5.75 Å². The van der Waals surface area contributed by atoms with E-state index in [4.69, 9.17) is 16.3 Å². The number of rotatable bonds is 4. The van der Waals surface area contributed by atoms with E-state index in [9.17, 15) is 4.79 Å². The molecule has 0 saturated carbocycles. The lowest BCUT2D eigenvalue weighted by Crippen LogP contribution is -2.10. The van der Waals surface area contributed by atoms with Gasteiger partial charge in [0.05, 0.1) is 29.2 Å². The van der Waals surface area contributed by atoms with Crippen molar-refractivity contribution in [2.24, 2.45) is 0 Å². The molecule has 3 rings (SSSR count). The Morgan fingerprint density at radius 3 is 2.77 bits per heavy atom. The Morgan fingerprint density at radius 2 is 2.05 bits per heavy atom. The van der Waals surface area contributed by atoms with Crippen molar-refractivity contribution in [1.29, 1.82) is 0 Å². The van der Waals surface area contributed by atoms with Crippen molar-refractivity contribution >= 4 is 39.1 Å². The van der Waals surface area contributed by atoms with Gasteiger partial charge in [-0.2, -0.15) is 0 Å². The zero-order valence-corrected chi connectivity index (χ0v) is 13.3. The Kier molecular flexibility index (Phi) is 3.94. The van der Waals surface area contributed by atoms with Crippen LogP contribution in [0.4, 0.5) is 5.69 Å². The maximum atomic E-state index is 12.9. The quantitative estimate of drug-likeness (QED) is 0.710. The molecule has 2 aromatic carbocycles. The van der Waals surface area contributed by atoms with Gasteiger partial charge in [-0.05, 0) is 36.8 Å². The second-order valence-corrected chi connectivity index (χ2v) is 5.57. The van der Waals surface area contributed by atoms with E-state index in [2.05, 4.69) is 17.2 Å². The molecule has 4 nitrogen and oxygen atoms in total. The molecular weight excluding hydrogens is 300 g/mol. The van der Waals surface area contributed by atoms with Crippen LogP contribution in [-0.4, -0.2) is 18.6 Å². The summed E-state index contributed by atoms with van der Waals surface area (Å²) in [6.45, 7) is 2.85. The Hall–Kier alpha value is -2.20. The Labute approximate surface area is 133 Å². The molecule has 0 bridgehead atoms. The van der Waals surface area contributed by atoms with Crippen LogP contribution in [0.2, 0.25) is 5.02 Å². The molecule has 22 heavy (non-hydrogen) atoms.